The number of likely N-dealkylation sites (N-methyl/N-ethyl adjacent to an activating group) is 1. The van der Waals surface area contributed by atoms with Crippen molar-refractivity contribution in [3.63, 3.8) is 0 Å². The van der Waals surface area contributed by atoms with Gasteiger partial charge in [-0.25, -0.2) is 0 Å². The Kier molecular flexibility index (Phi) is 3.99. The highest BCUT2D eigenvalue weighted by Gasteiger charge is 2.36. The first-order chi connectivity index (χ1) is 9.74. The summed E-state index contributed by atoms with van der Waals surface area (Å²) < 4.78 is 5.41. The summed E-state index contributed by atoms with van der Waals surface area (Å²) in [6, 6.07) is 7.60. The molecule has 3 rings (SSSR count). The molecule has 1 saturated carbocycles. The van der Waals surface area contributed by atoms with Crippen molar-refractivity contribution < 1.29 is 4.74 Å². The third-order valence-corrected chi connectivity index (χ3v) is 5.06. The number of nitrogens with zero attached hydrogens (tertiary/aromatic N) is 1. The van der Waals surface area contributed by atoms with Crippen molar-refractivity contribution in [2.24, 2.45) is 11.7 Å². The Labute approximate surface area is 122 Å². The predicted molar refractivity (Wildman–Crippen MR) is 82.0 cm³/mol. The Balaban J connectivity index is 1.87. The van der Waals surface area contributed by atoms with Crippen LogP contribution in [0.3, 0.4) is 0 Å². The van der Waals surface area contributed by atoms with Gasteiger partial charge in [-0.05, 0) is 68.3 Å². The average molecular weight is 274 g/mol. The molecule has 1 fully saturated rings. The highest BCUT2D eigenvalue weighted by molar-refractivity contribution is 5.39. The van der Waals surface area contributed by atoms with Crippen LogP contribution in [0.2, 0.25) is 0 Å². The van der Waals surface area contributed by atoms with Gasteiger partial charge in [0.1, 0.15) is 5.75 Å². The van der Waals surface area contributed by atoms with Crippen molar-refractivity contribution in [2.75, 3.05) is 20.7 Å². The average Bonchev–Trinajstić information content (AvgIpc) is 3.31. The Morgan fingerprint density at radius 1 is 1.35 bits per heavy atom. The van der Waals surface area contributed by atoms with E-state index in [0.717, 1.165) is 18.2 Å². The monoisotopic (exact) mass is 274 g/mol. The summed E-state index contributed by atoms with van der Waals surface area (Å²) in [7, 11) is 4.01. The van der Waals surface area contributed by atoms with Gasteiger partial charge in [-0.3, -0.25) is 4.90 Å². The molecular weight excluding hydrogens is 248 g/mol. The minimum Gasteiger partial charge on any atom is -0.497 e. The number of fused-ring (bicyclic) bond motifs is 1. The lowest BCUT2D eigenvalue weighted by atomic mass is 9.86. The van der Waals surface area contributed by atoms with Gasteiger partial charge >= 0.3 is 0 Å². The fourth-order valence-electron chi connectivity index (χ4n) is 3.71. The summed E-state index contributed by atoms with van der Waals surface area (Å²) in [6.45, 7) is 0.775. The molecule has 0 heterocycles. The third kappa shape index (κ3) is 2.57. The lowest BCUT2D eigenvalue weighted by Gasteiger charge is -2.38. The summed E-state index contributed by atoms with van der Waals surface area (Å²) in [5, 5.41) is 0. The molecule has 3 heteroatoms. The van der Waals surface area contributed by atoms with Gasteiger partial charge in [0, 0.05) is 18.6 Å². The van der Waals surface area contributed by atoms with Crippen molar-refractivity contribution >= 4 is 0 Å². The van der Waals surface area contributed by atoms with Gasteiger partial charge in [0.25, 0.3) is 0 Å². The van der Waals surface area contributed by atoms with E-state index >= 15 is 0 Å². The quantitative estimate of drug-likeness (QED) is 0.897. The van der Waals surface area contributed by atoms with E-state index in [4.69, 9.17) is 10.5 Å². The van der Waals surface area contributed by atoms with Gasteiger partial charge in [-0.2, -0.15) is 0 Å². The van der Waals surface area contributed by atoms with Crippen LogP contribution in [0.25, 0.3) is 0 Å². The highest BCUT2D eigenvalue weighted by Crippen LogP contribution is 2.41. The van der Waals surface area contributed by atoms with Crippen molar-refractivity contribution in [3.8, 4) is 5.75 Å². The molecule has 0 saturated heterocycles. The Morgan fingerprint density at radius 2 is 2.15 bits per heavy atom. The first-order valence-corrected chi connectivity index (χ1v) is 7.83. The van der Waals surface area contributed by atoms with Gasteiger partial charge < -0.3 is 10.5 Å². The molecule has 0 aliphatic heterocycles. The maximum atomic E-state index is 6.03. The molecule has 2 atom stereocenters. The van der Waals surface area contributed by atoms with Crippen LogP contribution < -0.4 is 10.5 Å². The van der Waals surface area contributed by atoms with Crippen molar-refractivity contribution in [2.45, 2.75) is 44.2 Å². The SMILES string of the molecule is COc1ccc2c(c1)C(N(C)C(CN)C1CC1)CCC2. The van der Waals surface area contributed by atoms with Gasteiger partial charge in [0.2, 0.25) is 0 Å². The number of hydrogen-bond acceptors (Lipinski definition) is 3. The maximum absolute atomic E-state index is 6.03. The smallest absolute Gasteiger partial charge is 0.119 e. The first-order valence-electron chi connectivity index (χ1n) is 7.83. The summed E-state index contributed by atoms with van der Waals surface area (Å²) in [6.07, 6.45) is 6.41. The molecule has 1 aromatic rings. The number of rotatable bonds is 5. The zero-order valence-corrected chi connectivity index (χ0v) is 12.6. The molecule has 2 aliphatic rings. The van der Waals surface area contributed by atoms with Gasteiger partial charge in [-0.1, -0.05) is 6.07 Å². The number of hydrogen-bond donors (Lipinski definition) is 1. The number of aryl methyl sites for hydroxylation is 1. The second-order valence-corrected chi connectivity index (χ2v) is 6.28. The first kappa shape index (κ1) is 13.9. The Hall–Kier alpha value is -1.06. The largest absolute Gasteiger partial charge is 0.497 e. The van der Waals surface area contributed by atoms with Gasteiger partial charge in [-0.15, -0.1) is 0 Å². The van der Waals surface area contributed by atoms with Crippen LogP contribution in [-0.2, 0) is 6.42 Å². The van der Waals surface area contributed by atoms with Crippen LogP contribution in [0, 0.1) is 5.92 Å². The van der Waals surface area contributed by atoms with E-state index in [1.165, 1.54) is 43.2 Å². The number of ether oxygens (including phenoxy) is 1. The van der Waals surface area contributed by atoms with Crippen molar-refractivity contribution in [3.05, 3.63) is 29.3 Å². The van der Waals surface area contributed by atoms with Crippen LogP contribution >= 0.6 is 0 Å². The zero-order valence-electron chi connectivity index (χ0n) is 12.6. The molecule has 0 aromatic heterocycles. The molecule has 0 radical (unpaired) electrons. The summed E-state index contributed by atoms with van der Waals surface area (Å²) >= 11 is 0. The molecule has 20 heavy (non-hydrogen) atoms. The third-order valence-electron chi connectivity index (χ3n) is 5.06. The van der Waals surface area contributed by atoms with Gasteiger partial charge in [0.05, 0.1) is 7.11 Å². The standard InChI is InChI=1S/C17H26N2O/c1-19(17(11-18)13-6-7-13)16-5-3-4-12-8-9-14(20-2)10-15(12)16/h8-10,13,16-17H,3-7,11,18H2,1-2H3. The van der Waals surface area contributed by atoms with Gasteiger partial charge in [0.15, 0.2) is 0 Å². The molecule has 0 amide bonds. The zero-order chi connectivity index (χ0) is 14.1. The van der Waals surface area contributed by atoms with Crippen LogP contribution in [0.15, 0.2) is 18.2 Å². The summed E-state index contributed by atoms with van der Waals surface area (Å²) in [4.78, 5) is 2.54. The van der Waals surface area contributed by atoms with E-state index in [2.05, 4.69) is 30.1 Å². The fraction of sp³-hybridized carbons (Fsp3) is 0.647. The van der Waals surface area contributed by atoms with E-state index in [1.54, 1.807) is 7.11 Å². The van der Waals surface area contributed by atoms with E-state index in [1.807, 2.05) is 0 Å². The molecule has 2 N–H and O–H groups in total. The fourth-order valence-corrected chi connectivity index (χ4v) is 3.71. The predicted octanol–water partition coefficient (Wildman–Crippen LogP) is 2.74. The second-order valence-electron chi connectivity index (χ2n) is 6.28. The Morgan fingerprint density at radius 3 is 2.80 bits per heavy atom. The molecular formula is C17H26N2O. The van der Waals surface area contributed by atoms with Crippen LogP contribution in [0.4, 0.5) is 0 Å². The highest BCUT2D eigenvalue weighted by atomic mass is 16.5. The lowest BCUT2D eigenvalue weighted by molar-refractivity contribution is 0.144. The Bertz CT molecular complexity index is 470. The second kappa shape index (κ2) is 5.74. The van der Waals surface area contributed by atoms with Crippen LogP contribution in [0.1, 0.15) is 42.9 Å². The topological polar surface area (TPSA) is 38.5 Å². The van der Waals surface area contributed by atoms with Crippen molar-refractivity contribution in [1.82, 2.24) is 4.90 Å². The molecule has 110 valence electrons. The number of benzene rings is 1. The number of methoxy groups -OCH3 is 1. The minimum absolute atomic E-state index is 0.503. The van der Waals surface area contributed by atoms with E-state index < -0.39 is 0 Å². The molecule has 2 aliphatic carbocycles. The van der Waals surface area contributed by atoms with Crippen LogP contribution in [-0.4, -0.2) is 31.6 Å². The molecule has 1 aromatic carbocycles. The molecule has 0 spiro atoms. The van der Waals surface area contributed by atoms with E-state index in [0.29, 0.717) is 12.1 Å². The molecule has 2 unspecified atom stereocenters. The minimum atomic E-state index is 0.503. The normalized spacial score (nSPS) is 23.5. The van der Waals surface area contributed by atoms with E-state index in [-0.39, 0.29) is 0 Å². The van der Waals surface area contributed by atoms with E-state index in [9.17, 15) is 0 Å². The summed E-state index contributed by atoms with van der Waals surface area (Å²) in [5.41, 5.74) is 8.97. The molecule has 0 bridgehead atoms. The van der Waals surface area contributed by atoms with Crippen molar-refractivity contribution in [1.29, 1.82) is 0 Å². The maximum Gasteiger partial charge on any atom is 0.119 e. The van der Waals surface area contributed by atoms with Crippen LogP contribution in [0.5, 0.6) is 5.75 Å². The summed E-state index contributed by atoms with van der Waals surface area (Å²) in [5.74, 6) is 1.79. The molecule has 3 nitrogen and oxygen atoms in total. The lowest BCUT2D eigenvalue weighted by Crippen LogP contribution is -2.42. The number of nitrogens with two attached hydrogens (primary N) is 1.